The number of fused-ring (bicyclic) bond motifs is 1. The highest BCUT2D eigenvalue weighted by molar-refractivity contribution is 6.24. The zero-order valence-corrected chi connectivity index (χ0v) is 23.9. The van der Waals surface area contributed by atoms with Crippen molar-refractivity contribution in [1.29, 1.82) is 0 Å². The van der Waals surface area contributed by atoms with Gasteiger partial charge in [0, 0.05) is 67.9 Å². The smallest absolute Gasteiger partial charge is 0.269 e. The lowest BCUT2D eigenvalue weighted by molar-refractivity contribution is -0.384. The molecule has 10 heteroatoms. The van der Waals surface area contributed by atoms with Crippen LogP contribution in [0.4, 0.5) is 17.1 Å². The number of aliphatic imine (C=N–C) groups is 1. The quantitative estimate of drug-likeness (QED) is 0.153. The highest BCUT2D eigenvalue weighted by Gasteiger charge is 2.36. The minimum atomic E-state index is -0.819. The molecule has 1 saturated heterocycles. The molecule has 0 aliphatic carbocycles. The second kappa shape index (κ2) is 12.0. The van der Waals surface area contributed by atoms with Crippen LogP contribution in [-0.2, 0) is 23.1 Å². The number of amides is 2. The number of hydrogen-bond donors (Lipinski definition) is 1. The molecule has 43 heavy (non-hydrogen) atoms. The van der Waals surface area contributed by atoms with Gasteiger partial charge in [-0.3, -0.25) is 24.7 Å². The number of anilines is 1. The van der Waals surface area contributed by atoms with Gasteiger partial charge in [-0.15, -0.1) is 0 Å². The van der Waals surface area contributed by atoms with Crippen LogP contribution in [0.1, 0.15) is 48.3 Å². The van der Waals surface area contributed by atoms with E-state index in [1.54, 1.807) is 12.3 Å². The van der Waals surface area contributed by atoms with E-state index in [2.05, 4.69) is 10.3 Å². The molecule has 2 aliphatic heterocycles. The summed E-state index contributed by atoms with van der Waals surface area (Å²) < 4.78 is 1.93. The number of hydrogen-bond acceptors (Lipinski definition) is 6. The number of rotatable bonds is 9. The summed E-state index contributed by atoms with van der Waals surface area (Å²) in [6.45, 7) is 1.59. The molecular weight excluding hydrogens is 544 g/mol. The van der Waals surface area contributed by atoms with Crippen molar-refractivity contribution in [3.8, 4) is 11.4 Å². The molecule has 3 aromatic carbocycles. The number of nitro benzene ring substituents is 1. The Morgan fingerprint density at radius 3 is 2.56 bits per heavy atom. The fourth-order valence-electron chi connectivity index (χ4n) is 5.81. The number of nitro groups is 1. The maximum absolute atomic E-state index is 13.3. The second-order valence-corrected chi connectivity index (χ2v) is 11.0. The number of nitrogens with zero attached hydrogens (tertiary/aromatic N) is 5. The van der Waals surface area contributed by atoms with Crippen molar-refractivity contribution < 1.29 is 14.5 Å². The zero-order chi connectivity index (χ0) is 29.9. The first-order chi connectivity index (χ1) is 20.9. The van der Waals surface area contributed by atoms with Crippen LogP contribution in [0.5, 0.6) is 0 Å². The molecule has 4 aromatic rings. The van der Waals surface area contributed by atoms with Crippen molar-refractivity contribution >= 4 is 34.6 Å². The maximum atomic E-state index is 13.3. The first kappa shape index (κ1) is 28.0. The normalized spacial score (nSPS) is 16.7. The monoisotopic (exact) mass is 576 g/mol. The predicted molar refractivity (Wildman–Crippen MR) is 165 cm³/mol. The number of likely N-dealkylation sites (tertiary alicyclic amines) is 1. The standard InChI is InChI=1S/C33H32N6O4/c1-37-20-17-34-32(37)24-11-13-25(14-12-24)35-31(30-27-21-26(39(42)43)15-16-28(27)36-33(30)41)23-9-7-22(8-10-23)5-4-19-38-18-3-2-6-29(38)40/h7-17,20-21,30H,2-6,18-19H2,1H3,(H,36,41). The Morgan fingerprint density at radius 1 is 1.07 bits per heavy atom. The molecule has 1 N–H and O–H groups in total. The Hall–Kier alpha value is -5.12. The lowest BCUT2D eigenvalue weighted by atomic mass is 9.89. The average Bonchev–Trinajstić information content (AvgIpc) is 3.59. The van der Waals surface area contributed by atoms with Gasteiger partial charge in [0.2, 0.25) is 11.8 Å². The highest BCUT2D eigenvalue weighted by atomic mass is 16.6. The van der Waals surface area contributed by atoms with Gasteiger partial charge in [0.25, 0.3) is 5.69 Å². The molecule has 10 nitrogen and oxygen atoms in total. The summed E-state index contributed by atoms with van der Waals surface area (Å²) in [5.41, 5.74) is 4.95. The molecule has 3 heterocycles. The van der Waals surface area contributed by atoms with E-state index in [1.165, 1.54) is 12.1 Å². The van der Waals surface area contributed by atoms with Gasteiger partial charge in [-0.05, 0) is 67.1 Å². The van der Waals surface area contributed by atoms with E-state index in [-0.39, 0.29) is 17.5 Å². The maximum Gasteiger partial charge on any atom is 0.269 e. The van der Waals surface area contributed by atoms with Crippen molar-refractivity contribution in [3.05, 3.63) is 106 Å². The molecule has 1 atom stereocenters. The van der Waals surface area contributed by atoms with Crippen LogP contribution in [0.15, 0.2) is 84.1 Å². The Bertz CT molecular complexity index is 1710. The molecule has 0 radical (unpaired) electrons. The van der Waals surface area contributed by atoms with Crippen LogP contribution in [0.25, 0.3) is 11.4 Å². The highest BCUT2D eigenvalue weighted by Crippen LogP contribution is 2.38. The summed E-state index contributed by atoms with van der Waals surface area (Å²) in [6.07, 6.45) is 8.00. The molecule has 2 amide bonds. The third kappa shape index (κ3) is 5.94. The fraction of sp³-hybridized carbons (Fsp3) is 0.273. The van der Waals surface area contributed by atoms with Gasteiger partial charge in [0.15, 0.2) is 0 Å². The minimum absolute atomic E-state index is 0.0819. The first-order valence-electron chi connectivity index (χ1n) is 14.5. The summed E-state index contributed by atoms with van der Waals surface area (Å²) in [6, 6.07) is 20.0. The van der Waals surface area contributed by atoms with Crippen LogP contribution in [0.2, 0.25) is 0 Å². The Kier molecular flexibility index (Phi) is 7.83. The van der Waals surface area contributed by atoms with E-state index in [9.17, 15) is 19.7 Å². The van der Waals surface area contributed by atoms with E-state index in [0.29, 0.717) is 29.1 Å². The Balaban J connectivity index is 1.31. The van der Waals surface area contributed by atoms with E-state index < -0.39 is 10.8 Å². The second-order valence-electron chi connectivity index (χ2n) is 11.0. The predicted octanol–water partition coefficient (Wildman–Crippen LogP) is 5.80. The van der Waals surface area contributed by atoms with Gasteiger partial charge >= 0.3 is 0 Å². The largest absolute Gasteiger partial charge is 0.343 e. The van der Waals surface area contributed by atoms with Crippen LogP contribution >= 0.6 is 0 Å². The molecule has 1 fully saturated rings. The number of piperidine rings is 1. The van der Waals surface area contributed by atoms with Gasteiger partial charge in [-0.25, -0.2) is 4.98 Å². The van der Waals surface area contributed by atoms with Crippen molar-refractivity contribution in [1.82, 2.24) is 14.5 Å². The molecule has 0 bridgehead atoms. The van der Waals surface area contributed by atoms with Crippen LogP contribution < -0.4 is 5.32 Å². The molecule has 218 valence electrons. The van der Waals surface area contributed by atoms with Crippen molar-refractivity contribution in [2.45, 2.75) is 38.0 Å². The summed E-state index contributed by atoms with van der Waals surface area (Å²) in [4.78, 5) is 47.9. The number of aryl methyl sites for hydroxylation is 2. The third-order valence-corrected chi connectivity index (χ3v) is 8.11. The summed E-state index contributed by atoms with van der Waals surface area (Å²) >= 11 is 0. The van der Waals surface area contributed by atoms with Gasteiger partial charge < -0.3 is 14.8 Å². The number of non-ortho nitro benzene ring substituents is 1. The zero-order valence-electron chi connectivity index (χ0n) is 23.9. The van der Waals surface area contributed by atoms with Crippen molar-refractivity contribution in [2.24, 2.45) is 12.0 Å². The molecule has 2 aliphatic rings. The Labute approximate surface area is 249 Å². The number of benzene rings is 3. The summed E-state index contributed by atoms with van der Waals surface area (Å²) in [7, 11) is 1.93. The number of carbonyl (C=O) groups excluding carboxylic acids is 2. The molecular formula is C33H32N6O4. The van der Waals surface area contributed by atoms with Gasteiger partial charge in [-0.2, -0.15) is 0 Å². The minimum Gasteiger partial charge on any atom is -0.343 e. The molecule has 1 unspecified atom stereocenters. The third-order valence-electron chi connectivity index (χ3n) is 8.11. The van der Waals surface area contributed by atoms with E-state index in [1.807, 2.05) is 71.2 Å². The SMILES string of the molecule is Cn1ccnc1-c1ccc(N=C(c2ccc(CCCN3CCCCC3=O)cc2)C2C(=O)Nc3ccc([N+](=O)[O-])cc32)cc1. The van der Waals surface area contributed by atoms with Crippen LogP contribution in [0, 0.1) is 10.1 Å². The summed E-state index contributed by atoms with van der Waals surface area (Å²) in [5.74, 6) is -0.0348. The van der Waals surface area contributed by atoms with E-state index in [0.717, 1.165) is 61.3 Å². The first-order valence-corrected chi connectivity index (χ1v) is 14.5. The topological polar surface area (TPSA) is 123 Å². The molecule has 6 rings (SSSR count). The van der Waals surface area contributed by atoms with E-state index >= 15 is 0 Å². The lowest BCUT2D eigenvalue weighted by Gasteiger charge is -2.26. The lowest BCUT2D eigenvalue weighted by Crippen LogP contribution is -2.36. The fourth-order valence-corrected chi connectivity index (χ4v) is 5.81. The molecule has 0 saturated carbocycles. The van der Waals surface area contributed by atoms with Crippen molar-refractivity contribution in [3.63, 3.8) is 0 Å². The van der Waals surface area contributed by atoms with Gasteiger partial charge in [0.1, 0.15) is 11.7 Å². The average molecular weight is 577 g/mol. The molecule has 1 aromatic heterocycles. The van der Waals surface area contributed by atoms with E-state index in [4.69, 9.17) is 4.99 Å². The summed E-state index contributed by atoms with van der Waals surface area (Å²) in [5, 5.41) is 14.4. The Morgan fingerprint density at radius 2 is 1.86 bits per heavy atom. The number of imidazole rings is 1. The van der Waals surface area contributed by atoms with Gasteiger partial charge in [-0.1, -0.05) is 24.3 Å². The van der Waals surface area contributed by atoms with Crippen LogP contribution in [-0.4, -0.2) is 50.0 Å². The number of carbonyl (C=O) groups is 2. The van der Waals surface area contributed by atoms with Gasteiger partial charge in [0.05, 0.1) is 16.3 Å². The molecule has 0 spiro atoms. The number of aromatic nitrogens is 2. The van der Waals surface area contributed by atoms with Crippen LogP contribution in [0.3, 0.4) is 0 Å². The number of nitrogens with one attached hydrogen (secondary N) is 1. The van der Waals surface area contributed by atoms with Crippen molar-refractivity contribution in [2.75, 3.05) is 18.4 Å².